The summed E-state index contributed by atoms with van der Waals surface area (Å²) in [5, 5.41) is 0. The third-order valence-electron chi connectivity index (χ3n) is 5.63. The van der Waals surface area contributed by atoms with Crippen molar-refractivity contribution < 1.29 is 80.5 Å². The first-order valence-electron chi connectivity index (χ1n) is 11.5. The molecule has 2 rings (SSSR count). The summed E-state index contributed by atoms with van der Waals surface area (Å²) in [7, 11) is 0. The second-order valence-electron chi connectivity index (χ2n) is 8.53. The van der Waals surface area contributed by atoms with E-state index in [0.29, 0.717) is 11.1 Å². The Labute approximate surface area is 237 Å². The van der Waals surface area contributed by atoms with E-state index in [1.807, 2.05) is 0 Å². The van der Waals surface area contributed by atoms with E-state index in [2.05, 4.69) is 9.47 Å². The van der Waals surface area contributed by atoms with Crippen molar-refractivity contribution in [3.63, 3.8) is 0 Å². The molecule has 0 bridgehead atoms. The standard InChI is InChI=1S/C26H16F14O4/c1-3-17(13-5-9-15(10-6-13)43-19(41)21(27,28)23(31,32)25(35,36)37)18(4-2)14-7-11-16(12-8-14)44-20(42)22(29,30)24(33,34)26(38,39)40/h3-12H,1-2H3/b17-3+,18-4+. The molecular formula is C26H16F14O4. The molecule has 0 aromatic heterocycles. The smallest absolute Gasteiger partial charge is 0.422 e. The van der Waals surface area contributed by atoms with Crippen molar-refractivity contribution in [3.05, 3.63) is 71.8 Å². The van der Waals surface area contributed by atoms with Gasteiger partial charge in [-0.3, -0.25) is 0 Å². The molecule has 0 spiro atoms. The van der Waals surface area contributed by atoms with Crippen molar-refractivity contribution in [3.8, 4) is 11.5 Å². The Morgan fingerprint density at radius 2 is 0.750 bits per heavy atom. The third kappa shape index (κ3) is 6.67. The zero-order chi connectivity index (χ0) is 34.1. The minimum absolute atomic E-state index is 0.206. The van der Waals surface area contributed by atoms with E-state index in [0.717, 1.165) is 48.5 Å². The largest absolute Gasteiger partial charge is 0.460 e. The maximum Gasteiger partial charge on any atom is 0.460 e. The van der Waals surface area contributed by atoms with Crippen LogP contribution in [-0.4, -0.2) is 48.0 Å². The van der Waals surface area contributed by atoms with Gasteiger partial charge in [-0.2, -0.15) is 61.5 Å². The van der Waals surface area contributed by atoms with Gasteiger partial charge in [-0.25, -0.2) is 9.59 Å². The number of carbonyl (C=O) groups is 2. The van der Waals surface area contributed by atoms with Gasteiger partial charge < -0.3 is 9.47 Å². The molecule has 0 aliphatic rings. The molecule has 0 aliphatic heterocycles. The molecule has 0 atom stereocenters. The molecule has 2 aromatic rings. The molecule has 242 valence electrons. The topological polar surface area (TPSA) is 52.6 Å². The SMILES string of the molecule is C/C=C(/C(=C/C)c1ccc(OC(=O)C(F)(F)C(F)(F)C(F)(F)F)cc1)c1ccc(OC(=O)C(F)(F)C(F)(F)C(F)(F)F)cc1. The van der Waals surface area contributed by atoms with E-state index in [4.69, 9.17) is 0 Å². The summed E-state index contributed by atoms with van der Waals surface area (Å²) in [5.41, 5.74) is 0.996. The Balaban J connectivity index is 2.25. The molecule has 0 aliphatic carbocycles. The molecule has 0 saturated heterocycles. The van der Waals surface area contributed by atoms with Crippen molar-refractivity contribution >= 4 is 23.1 Å². The van der Waals surface area contributed by atoms with Gasteiger partial charge in [0.2, 0.25) is 0 Å². The molecule has 0 N–H and O–H groups in total. The second kappa shape index (κ2) is 12.1. The third-order valence-corrected chi connectivity index (χ3v) is 5.63. The molecule has 4 nitrogen and oxygen atoms in total. The summed E-state index contributed by atoms with van der Waals surface area (Å²) in [4.78, 5) is 22.9. The van der Waals surface area contributed by atoms with Crippen molar-refractivity contribution in [2.24, 2.45) is 0 Å². The van der Waals surface area contributed by atoms with Crippen molar-refractivity contribution in [2.45, 2.75) is 49.9 Å². The van der Waals surface area contributed by atoms with E-state index < -0.39 is 59.5 Å². The van der Waals surface area contributed by atoms with Gasteiger partial charge in [-0.15, -0.1) is 0 Å². The fourth-order valence-electron chi connectivity index (χ4n) is 3.32. The molecule has 0 heterocycles. The van der Waals surface area contributed by atoms with Crippen LogP contribution < -0.4 is 9.47 Å². The molecule has 0 amide bonds. The van der Waals surface area contributed by atoms with Crippen molar-refractivity contribution in [2.75, 3.05) is 0 Å². The summed E-state index contributed by atoms with van der Waals surface area (Å²) >= 11 is 0. The van der Waals surface area contributed by atoms with Crippen LogP contribution in [0.5, 0.6) is 11.5 Å². The number of hydrogen-bond acceptors (Lipinski definition) is 4. The lowest BCUT2D eigenvalue weighted by Gasteiger charge is -2.26. The quantitative estimate of drug-likeness (QED) is 0.117. The predicted molar refractivity (Wildman–Crippen MR) is 123 cm³/mol. The molecule has 2 aromatic carbocycles. The lowest BCUT2D eigenvalue weighted by molar-refractivity contribution is -0.346. The summed E-state index contributed by atoms with van der Waals surface area (Å²) in [6, 6.07) is 7.47. The van der Waals surface area contributed by atoms with E-state index >= 15 is 0 Å². The maximum absolute atomic E-state index is 13.5. The van der Waals surface area contributed by atoms with Crippen molar-refractivity contribution in [1.82, 2.24) is 0 Å². The summed E-state index contributed by atoms with van der Waals surface area (Å²) in [5.74, 6) is -34.1. The number of rotatable bonds is 9. The Morgan fingerprint density at radius 1 is 0.500 bits per heavy atom. The minimum atomic E-state index is -6.77. The van der Waals surface area contributed by atoms with Crippen LogP contribution in [0.4, 0.5) is 61.5 Å². The predicted octanol–water partition coefficient (Wildman–Crippen LogP) is 8.67. The first kappa shape index (κ1) is 36.1. The zero-order valence-electron chi connectivity index (χ0n) is 21.7. The minimum Gasteiger partial charge on any atom is -0.422 e. The van der Waals surface area contributed by atoms with Gasteiger partial charge in [-0.05, 0) is 60.4 Å². The summed E-state index contributed by atoms with van der Waals surface area (Å²) in [6.07, 6.45) is -10.6. The van der Waals surface area contributed by atoms with Gasteiger partial charge in [0.1, 0.15) is 11.5 Å². The van der Waals surface area contributed by atoms with E-state index in [1.54, 1.807) is 0 Å². The van der Waals surface area contributed by atoms with Crippen LogP contribution in [0.3, 0.4) is 0 Å². The average molecular weight is 658 g/mol. The molecule has 0 unspecified atom stereocenters. The van der Waals surface area contributed by atoms with Crippen LogP contribution in [0, 0.1) is 0 Å². The van der Waals surface area contributed by atoms with Gasteiger partial charge in [0.15, 0.2) is 0 Å². The molecular weight excluding hydrogens is 642 g/mol. The number of hydrogen-bond donors (Lipinski definition) is 0. The second-order valence-corrected chi connectivity index (χ2v) is 8.53. The van der Waals surface area contributed by atoms with Gasteiger partial charge in [0.05, 0.1) is 0 Å². The Morgan fingerprint density at radius 3 is 0.955 bits per heavy atom. The van der Waals surface area contributed by atoms with Crippen LogP contribution in [0.2, 0.25) is 0 Å². The highest BCUT2D eigenvalue weighted by Gasteiger charge is 2.78. The van der Waals surface area contributed by atoms with E-state index in [9.17, 15) is 71.1 Å². The summed E-state index contributed by atoms with van der Waals surface area (Å²) in [6.45, 7) is 2.96. The Bertz CT molecular complexity index is 1310. The monoisotopic (exact) mass is 658 g/mol. The first-order valence-corrected chi connectivity index (χ1v) is 11.5. The maximum atomic E-state index is 13.5. The van der Waals surface area contributed by atoms with Crippen LogP contribution in [0.15, 0.2) is 60.7 Å². The van der Waals surface area contributed by atoms with Crippen molar-refractivity contribution in [1.29, 1.82) is 0 Å². The van der Waals surface area contributed by atoms with Crippen LogP contribution in [0.1, 0.15) is 25.0 Å². The number of esters is 2. The lowest BCUT2D eigenvalue weighted by atomic mass is 9.92. The number of halogens is 14. The van der Waals surface area contributed by atoms with E-state index in [1.165, 1.54) is 26.0 Å². The van der Waals surface area contributed by atoms with Crippen LogP contribution in [0.25, 0.3) is 11.1 Å². The number of alkyl halides is 14. The average Bonchev–Trinajstić information content (AvgIpc) is 2.91. The summed E-state index contributed by atoms with van der Waals surface area (Å²) < 4.78 is 188. The lowest BCUT2D eigenvalue weighted by Crippen LogP contribution is -2.57. The van der Waals surface area contributed by atoms with Crippen LogP contribution >= 0.6 is 0 Å². The van der Waals surface area contributed by atoms with Gasteiger partial charge in [0.25, 0.3) is 0 Å². The highest BCUT2D eigenvalue weighted by atomic mass is 19.4. The highest BCUT2D eigenvalue weighted by molar-refractivity contribution is 6.04. The number of benzene rings is 2. The fraction of sp³-hybridized carbons (Fsp3) is 0.308. The molecule has 44 heavy (non-hydrogen) atoms. The molecule has 0 fully saturated rings. The molecule has 0 radical (unpaired) electrons. The zero-order valence-corrected chi connectivity index (χ0v) is 21.7. The fourth-order valence-corrected chi connectivity index (χ4v) is 3.32. The molecule has 0 saturated carbocycles. The number of ether oxygens (including phenoxy) is 2. The number of allylic oxidation sites excluding steroid dienone is 4. The Hall–Kier alpha value is -4.12. The van der Waals surface area contributed by atoms with E-state index in [-0.39, 0.29) is 11.1 Å². The Kier molecular flexibility index (Phi) is 9.93. The van der Waals surface area contributed by atoms with Gasteiger partial charge in [-0.1, -0.05) is 36.4 Å². The van der Waals surface area contributed by atoms with Crippen LogP contribution in [-0.2, 0) is 9.59 Å². The highest BCUT2D eigenvalue weighted by Crippen LogP contribution is 2.48. The molecule has 18 heteroatoms. The first-order chi connectivity index (χ1) is 19.9. The number of carbonyl (C=O) groups excluding carboxylic acids is 2. The normalized spacial score (nSPS) is 14.4. The van der Waals surface area contributed by atoms with Gasteiger partial charge in [0, 0.05) is 0 Å². The van der Waals surface area contributed by atoms with Gasteiger partial charge >= 0.3 is 48.0 Å².